The van der Waals surface area contributed by atoms with Crippen LogP contribution in [0.2, 0.25) is 0 Å². The zero-order valence-electron chi connectivity index (χ0n) is 7.80. The summed E-state index contributed by atoms with van der Waals surface area (Å²) in [6.45, 7) is 0. The predicted molar refractivity (Wildman–Crippen MR) is 58.8 cm³/mol. The fraction of sp³-hybridized carbons (Fsp3) is 0.200. The standard InChI is InChI=1S/C10H10N2OS/c1-12-9(13)7-14-10(12)11-8-5-3-2-4-6-8/h2-6H,7H2,1H3/b11-10+. The molecule has 1 fully saturated rings. The number of nitrogens with zero attached hydrogens (tertiary/aromatic N) is 2. The van der Waals surface area contributed by atoms with Crippen LogP contribution in [-0.4, -0.2) is 28.8 Å². The van der Waals surface area contributed by atoms with Crippen LogP contribution < -0.4 is 0 Å². The molecule has 1 heterocycles. The third-order valence-electron chi connectivity index (χ3n) is 1.97. The van der Waals surface area contributed by atoms with Gasteiger partial charge in [0, 0.05) is 7.05 Å². The van der Waals surface area contributed by atoms with Gasteiger partial charge in [0.25, 0.3) is 0 Å². The van der Waals surface area contributed by atoms with Crippen molar-refractivity contribution in [2.75, 3.05) is 12.8 Å². The van der Waals surface area contributed by atoms with Crippen LogP contribution in [0.5, 0.6) is 0 Å². The Balaban J connectivity index is 2.24. The first-order valence-electron chi connectivity index (χ1n) is 4.30. The van der Waals surface area contributed by atoms with Gasteiger partial charge >= 0.3 is 0 Å². The summed E-state index contributed by atoms with van der Waals surface area (Å²) in [5.41, 5.74) is 0.886. The maximum absolute atomic E-state index is 11.2. The number of para-hydroxylation sites is 1. The Labute approximate surface area is 86.8 Å². The van der Waals surface area contributed by atoms with E-state index >= 15 is 0 Å². The van der Waals surface area contributed by atoms with Crippen molar-refractivity contribution < 1.29 is 4.79 Å². The summed E-state index contributed by atoms with van der Waals surface area (Å²) in [5.74, 6) is 0.618. The quantitative estimate of drug-likeness (QED) is 0.702. The third-order valence-corrected chi connectivity index (χ3v) is 2.98. The summed E-state index contributed by atoms with van der Waals surface area (Å²) in [4.78, 5) is 17.2. The first-order valence-corrected chi connectivity index (χ1v) is 5.29. The highest BCUT2D eigenvalue weighted by Gasteiger charge is 2.23. The molecular weight excluding hydrogens is 196 g/mol. The molecule has 0 atom stereocenters. The fourth-order valence-corrected chi connectivity index (χ4v) is 2.06. The lowest BCUT2D eigenvalue weighted by Crippen LogP contribution is -2.24. The lowest BCUT2D eigenvalue weighted by atomic mass is 10.3. The minimum absolute atomic E-state index is 0.115. The number of rotatable bonds is 1. The average Bonchev–Trinajstić information content (AvgIpc) is 2.52. The third kappa shape index (κ3) is 1.80. The maximum Gasteiger partial charge on any atom is 0.238 e. The number of thioether (sulfide) groups is 1. The van der Waals surface area contributed by atoms with Crippen LogP contribution >= 0.6 is 11.8 Å². The molecule has 0 saturated carbocycles. The largest absolute Gasteiger partial charge is 0.294 e. The van der Waals surface area contributed by atoms with Crippen molar-refractivity contribution in [1.29, 1.82) is 0 Å². The van der Waals surface area contributed by atoms with E-state index in [9.17, 15) is 4.79 Å². The zero-order valence-corrected chi connectivity index (χ0v) is 8.62. The smallest absolute Gasteiger partial charge is 0.238 e. The molecule has 1 aromatic carbocycles. The van der Waals surface area contributed by atoms with E-state index in [0.29, 0.717) is 5.75 Å². The molecule has 4 heteroatoms. The molecular formula is C10H10N2OS. The van der Waals surface area contributed by atoms with Crippen molar-refractivity contribution in [1.82, 2.24) is 4.90 Å². The average molecular weight is 206 g/mol. The Kier molecular flexibility index (Phi) is 2.54. The SMILES string of the molecule is CN1C(=O)CS/C1=N/c1ccccc1. The van der Waals surface area contributed by atoms with Gasteiger partial charge in [0.2, 0.25) is 5.91 Å². The molecule has 0 N–H and O–H groups in total. The van der Waals surface area contributed by atoms with Gasteiger partial charge in [-0.05, 0) is 12.1 Å². The number of hydrogen-bond acceptors (Lipinski definition) is 3. The number of aliphatic imine (C=N–C) groups is 1. The molecule has 0 aromatic heterocycles. The number of hydrogen-bond donors (Lipinski definition) is 0. The monoisotopic (exact) mass is 206 g/mol. The summed E-state index contributed by atoms with van der Waals surface area (Å²) in [5, 5.41) is 0.779. The van der Waals surface area contributed by atoms with Gasteiger partial charge in [0.05, 0.1) is 11.4 Å². The van der Waals surface area contributed by atoms with Crippen LogP contribution in [-0.2, 0) is 4.79 Å². The van der Waals surface area contributed by atoms with Gasteiger partial charge in [-0.15, -0.1) is 0 Å². The lowest BCUT2D eigenvalue weighted by Gasteiger charge is -2.07. The Bertz CT molecular complexity index is 375. The molecule has 0 unspecified atom stereocenters. The van der Waals surface area contributed by atoms with Crippen molar-refractivity contribution in [3.05, 3.63) is 30.3 Å². The van der Waals surface area contributed by atoms with Crippen LogP contribution in [0.1, 0.15) is 0 Å². The molecule has 72 valence electrons. The summed E-state index contributed by atoms with van der Waals surface area (Å²) in [6, 6.07) is 9.65. The lowest BCUT2D eigenvalue weighted by molar-refractivity contribution is -0.123. The molecule has 0 radical (unpaired) electrons. The number of amides is 1. The fourth-order valence-electron chi connectivity index (χ4n) is 1.15. The second kappa shape index (κ2) is 3.84. The Morgan fingerprint density at radius 2 is 2.07 bits per heavy atom. The normalized spacial score (nSPS) is 19.4. The van der Waals surface area contributed by atoms with E-state index in [1.54, 1.807) is 11.9 Å². The molecule has 1 aromatic rings. The Hall–Kier alpha value is -1.29. The van der Waals surface area contributed by atoms with Crippen LogP contribution in [0.15, 0.2) is 35.3 Å². The van der Waals surface area contributed by atoms with Crippen molar-refractivity contribution in [2.24, 2.45) is 4.99 Å². The molecule has 2 rings (SSSR count). The van der Waals surface area contributed by atoms with Crippen LogP contribution in [0.3, 0.4) is 0 Å². The first kappa shape index (κ1) is 9.27. The summed E-state index contributed by atoms with van der Waals surface area (Å²) in [6.07, 6.45) is 0. The van der Waals surface area contributed by atoms with Crippen LogP contribution in [0.4, 0.5) is 5.69 Å². The molecule has 0 bridgehead atoms. The summed E-state index contributed by atoms with van der Waals surface area (Å²) < 4.78 is 0. The Morgan fingerprint density at radius 1 is 1.36 bits per heavy atom. The second-order valence-corrected chi connectivity index (χ2v) is 3.91. The predicted octanol–water partition coefficient (Wildman–Crippen LogP) is 1.88. The molecule has 1 aliphatic heterocycles. The maximum atomic E-state index is 11.2. The van der Waals surface area contributed by atoms with E-state index in [0.717, 1.165) is 10.9 Å². The molecule has 14 heavy (non-hydrogen) atoms. The number of amidine groups is 1. The van der Waals surface area contributed by atoms with Gasteiger partial charge < -0.3 is 0 Å². The van der Waals surface area contributed by atoms with Gasteiger partial charge in [-0.2, -0.15) is 0 Å². The molecule has 3 nitrogen and oxygen atoms in total. The first-order chi connectivity index (χ1) is 6.77. The van der Waals surface area contributed by atoms with Gasteiger partial charge in [-0.25, -0.2) is 4.99 Å². The van der Waals surface area contributed by atoms with Gasteiger partial charge in [-0.3, -0.25) is 9.69 Å². The van der Waals surface area contributed by atoms with Gasteiger partial charge in [-0.1, -0.05) is 30.0 Å². The topological polar surface area (TPSA) is 32.7 Å². The zero-order chi connectivity index (χ0) is 9.97. The van der Waals surface area contributed by atoms with Crippen molar-refractivity contribution >= 4 is 28.5 Å². The molecule has 0 aliphatic carbocycles. The van der Waals surface area contributed by atoms with E-state index in [4.69, 9.17) is 0 Å². The van der Waals surface area contributed by atoms with E-state index in [-0.39, 0.29) is 5.91 Å². The highest BCUT2D eigenvalue weighted by atomic mass is 32.2. The molecule has 0 spiro atoms. The number of carbonyl (C=O) groups is 1. The highest BCUT2D eigenvalue weighted by molar-refractivity contribution is 8.15. The molecule has 1 aliphatic rings. The van der Waals surface area contributed by atoms with Crippen molar-refractivity contribution in [3.63, 3.8) is 0 Å². The van der Waals surface area contributed by atoms with Crippen molar-refractivity contribution in [2.45, 2.75) is 0 Å². The van der Waals surface area contributed by atoms with Crippen LogP contribution in [0.25, 0.3) is 0 Å². The van der Waals surface area contributed by atoms with Gasteiger partial charge in [0.1, 0.15) is 0 Å². The highest BCUT2D eigenvalue weighted by Crippen LogP contribution is 2.21. The van der Waals surface area contributed by atoms with Gasteiger partial charge in [0.15, 0.2) is 5.17 Å². The van der Waals surface area contributed by atoms with E-state index in [1.807, 2.05) is 30.3 Å². The molecule has 1 saturated heterocycles. The Morgan fingerprint density at radius 3 is 2.64 bits per heavy atom. The number of carbonyl (C=O) groups excluding carboxylic acids is 1. The summed E-state index contributed by atoms with van der Waals surface area (Å²) in [7, 11) is 1.75. The minimum atomic E-state index is 0.115. The molecule has 1 amide bonds. The van der Waals surface area contributed by atoms with Crippen molar-refractivity contribution in [3.8, 4) is 0 Å². The van der Waals surface area contributed by atoms with E-state index in [1.165, 1.54) is 11.8 Å². The second-order valence-electron chi connectivity index (χ2n) is 2.97. The number of benzene rings is 1. The van der Waals surface area contributed by atoms with Crippen LogP contribution in [0, 0.1) is 0 Å². The summed E-state index contributed by atoms with van der Waals surface area (Å²) >= 11 is 1.48. The minimum Gasteiger partial charge on any atom is -0.294 e. The van der Waals surface area contributed by atoms with E-state index in [2.05, 4.69) is 4.99 Å². The van der Waals surface area contributed by atoms with E-state index < -0.39 is 0 Å².